The average Bonchev–Trinajstić information content (AvgIpc) is 2.82. The first kappa shape index (κ1) is 14.5. The first-order valence-corrected chi connectivity index (χ1v) is 8.49. The van der Waals surface area contributed by atoms with Gasteiger partial charge >= 0.3 is 0 Å². The maximum Gasteiger partial charge on any atom is 0.104 e. The van der Waals surface area contributed by atoms with Crippen LogP contribution in [-0.4, -0.2) is 12.6 Å². The number of rotatable bonds is 5. The van der Waals surface area contributed by atoms with Gasteiger partial charge in [0, 0.05) is 21.3 Å². The number of nitrogens with two attached hydrogens (primary N) is 1. The first-order chi connectivity index (χ1) is 8.72. The Kier molecular flexibility index (Phi) is 5.67. The predicted molar refractivity (Wildman–Crippen MR) is 80.9 cm³/mol. The fraction of sp³-hybridized carbons (Fsp3) is 0.714. The maximum atomic E-state index is 6.24. The van der Waals surface area contributed by atoms with Crippen LogP contribution in [0.5, 0.6) is 0 Å². The van der Waals surface area contributed by atoms with Gasteiger partial charge < -0.3 is 10.5 Å². The van der Waals surface area contributed by atoms with Crippen molar-refractivity contribution in [2.24, 2.45) is 11.7 Å². The highest BCUT2D eigenvalue weighted by atomic mass is 79.9. The van der Waals surface area contributed by atoms with E-state index in [4.69, 9.17) is 10.5 Å². The summed E-state index contributed by atoms with van der Waals surface area (Å²) in [4.78, 5) is 1.24. The molecule has 102 valence electrons. The lowest BCUT2D eigenvalue weighted by molar-refractivity contribution is -0.0366. The molecular formula is C14H22BrNOS. The Labute approximate surface area is 122 Å². The SMILES string of the molecule is CCC1CCCC(OC(CN)c2cc(Br)cs2)C1. The van der Waals surface area contributed by atoms with E-state index in [2.05, 4.69) is 34.3 Å². The fourth-order valence-electron chi connectivity index (χ4n) is 2.70. The summed E-state index contributed by atoms with van der Waals surface area (Å²) < 4.78 is 7.36. The van der Waals surface area contributed by atoms with Gasteiger partial charge in [0.15, 0.2) is 0 Å². The lowest BCUT2D eigenvalue weighted by atomic mass is 9.85. The molecule has 0 saturated heterocycles. The van der Waals surface area contributed by atoms with E-state index in [1.165, 1.54) is 37.0 Å². The van der Waals surface area contributed by atoms with Gasteiger partial charge in [-0.3, -0.25) is 0 Å². The normalized spacial score (nSPS) is 26.2. The van der Waals surface area contributed by atoms with Crippen LogP contribution >= 0.6 is 27.3 Å². The van der Waals surface area contributed by atoms with Crippen molar-refractivity contribution >= 4 is 27.3 Å². The second kappa shape index (κ2) is 7.04. The van der Waals surface area contributed by atoms with Crippen molar-refractivity contribution in [2.75, 3.05) is 6.54 Å². The van der Waals surface area contributed by atoms with Gasteiger partial charge in [-0.05, 0) is 40.8 Å². The van der Waals surface area contributed by atoms with Gasteiger partial charge in [-0.15, -0.1) is 11.3 Å². The van der Waals surface area contributed by atoms with Gasteiger partial charge in [-0.2, -0.15) is 0 Å². The summed E-state index contributed by atoms with van der Waals surface area (Å²) in [5, 5.41) is 2.09. The Morgan fingerprint density at radius 2 is 2.39 bits per heavy atom. The second-order valence-electron chi connectivity index (χ2n) is 5.09. The minimum atomic E-state index is 0.0712. The second-order valence-corrected chi connectivity index (χ2v) is 6.95. The third-order valence-corrected chi connectivity index (χ3v) is 5.57. The Bertz CT molecular complexity index is 368. The summed E-state index contributed by atoms with van der Waals surface area (Å²) in [5.74, 6) is 0.845. The number of hydrogen-bond donors (Lipinski definition) is 1. The molecule has 0 spiro atoms. The predicted octanol–water partition coefficient (Wildman–Crippen LogP) is 4.50. The number of thiophene rings is 1. The van der Waals surface area contributed by atoms with E-state index in [0.717, 1.165) is 10.4 Å². The average molecular weight is 332 g/mol. The molecule has 2 nitrogen and oxygen atoms in total. The van der Waals surface area contributed by atoms with Crippen molar-refractivity contribution in [2.45, 2.75) is 51.2 Å². The Hall–Kier alpha value is 0.1000. The van der Waals surface area contributed by atoms with E-state index in [1.54, 1.807) is 11.3 Å². The molecule has 1 heterocycles. The molecule has 0 aromatic carbocycles. The van der Waals surface area contributed by atoms with E-state index in [-0.39, 0.29) is 6.10 Å². The molecule has 4 heteroatoms. The van der Waals surface area contributed by atoms with Gasteiger partial charge in [0.05, 0.1) is 6.10 Å². The molecule has 18 heavy (non-hydrogen) atoms. The Morgan fingerprint density at radius 1 is 1.56 bits per heavy atom. The highest BCUT2D eigenvalue weighted by Gasteiger charge is 2.24. The fourth-order valence-corrected chi connectivity index (χ4v) is 4.20. The molecule has 0 radical (unpaired) electrons. The van der Waals surface area contributed by atoms with Crippen molar-refractivity contribution < 1.29 is 4.74 Å². The molecule has 0 amide bonds. The number of halogens is 1. The molecule has 0 aliphatic heterocycles. The van der Waals surface area contributed by atoms with Crippen LogP contribution in [0.2, 0.25) is 0 Å². The van der Waals surface area contributed by atoms with Crippen LogP contribution in [0.15, 0.2) is 15.9 Å². The zero-order valence-electron chi connectivity index (χ0n) is 10.9. The molecule has 1 aromatic rings. The molecule has 3 atom stereocenters. The monoisotopic (exact) mass is 331 g/mol. The summed E-state index contributed by atoms with van der Waals surface area (Å²) in [6, 6.07) is 2.13. The Morgan fingerprint density at radius 3 is 3.00 bits per heavy atom. The molecule has 2 N–H and O–H groups in total. The minimum Gasteiger partial charge on any atom is -0.368 e. The van der Waals surface area contributed by atoms with Crippen LogP contribution < -0.4 is 5.73 Å². The summed E-state index contributed by atoms with van der Waals surface area (Å²) in [7, 11) is 0. The zero-order valence-corrected chi connectivity index (χ0v) is 13.3. The highest BCUT2D eigenvalue weighted by molar-refractivity contribution is 9.10. The van der Waals surface area contributed by atoms with Gasteiger partial charge in [0.25, 0.3) is 0 Å². The molecule has 0 bridgehead atoms. The van der Waals surface area contributed by atoms with E-state index in [9.17, 15) is 0 Å². The van der Waals surface area contributed by atoms with E-state index < -0.39 is 0 Å². The molecule has 2 rings (SSSR count). The number of ether oxygens (including phenoxy) is 1. The van der Waals surface area contributed by atoms with Crippen LogP contribution in [0, 0.1) is 5.92 Å². The summed E-state index contributed by atoms with van der Waals surface area (Å²) >= 11 is 5.22. The molecule has 1 aliphatic rings. The molecule has 1 aliphatic carbocycles. The molecule has 1 saturated carbocycles. The standard InChI is InChI=1S/C14H22BrNOS/c1-2-10-4-3-5-12(6-10)17-13(8-16)14-7-11(15)9-18-14/h7,9-10,12-13H,2-6,8,16H2,1H3. The smallest absolute Gasteiger partial charge is 0.104 e. The summed E-state index contributed by atoms with van der Waals surface area (Å²) in [5.41, 5.74) is 5.86. The van der Waals surface area contributed by atoms with Crippen molar-refractivity contribution in [3.05, 3.63) is 20.8 Å². The van der Waals surface area contributed by atoms with Gasteiger partial charge in [-0.25, -0.2) is 0 Å². The first-order valence-electron chi connectivity index (χ1n) is 6.82. The van der Waals surface area contributed by atoms with Gasteiger partial charge in [0.2, 0.25) is 0 Å². The lowest BCUT2D eigenvalue weighted by Crippen LogP contribution is -2.27. The van der Waals surface area contributed by atoms with Crippen LogP contribution in [0.4, 0.5) is 0 Å². The molecule has 1 aromatic heterocycles. The maximum absolute atomic E-state index is 6.24. The molecule has 1 fully saturated rings. The van der Waals surface area contributed by atoms with Crippen LogP contribution in [0.25, 0.3) is 0 Å². The number of hydrogen-bond acceptors (Lipinski definition) is 3. The highest BCUT2D eigenvalue weighted by Crippen LogP contribution is 2.33. The van der Waals surface area contributed by atoms with E-state index in [0.29, 0.717) is 12.6 Å². The lowest BCUT2D eigenvalue weighted by Gasteiger charge is -2.31. The summed E-state index contributed by atoms with van der Waals surface area (Å²) in [6.45, 7) is 2.85. The van der Waals surface area contributed by atoms with E-state index >= 15 is 0 Å². The van der Waals surface area contributed by atoms with Crippen LogP contribution in [-0.2, 0) is 4.74 Å². The molecular weight excluding hydrogens is 310 g/mol. The van der Waals surface area contributed by atoms with Gasteiger partial charge in [0.1, 0.15) is 6.10 Å². The van der Waals surface area contributed by atoms with Crippen molar-refractivity contribution in [1.29, 1.82) is 0 Å². The quantitative estimate of drug-likeness (QED) is 0.862. The van der Waals surface area contributed by atoms with E-state index in [1.807, 2.05) is 0 Å². The zero-order chi connectivity index (χ0) is 13.0. The van der Waals surface area contributed by atoms with Crippen molar-refractivity contribution in [3.8, 4) is 0 Å². The Balaban J connectivity index is 1.93. The van der Waals surface area contributed by atoms with Crippen molar-refractivity contribution in [1.82, 2.24) is 0 Å². The third-order valence-electron chi connectivity index (χ3n) is 3.79. The minimum absolute atomic E-state index is 0.0712. The van der Waals surface area contributed by atoms with Crippen molar-refractivity contribution in [3.63, 3.8) is 0 Å². The largest absolute Gasteiger partial charge is 0.368 e. The van der Waals surface area contributed by atoms with Crippen LogP contribution in [0.1, 0.15) is 50.0 Å². The molecule has 3 unspecified atom stereocenters. The topological polar surface area (TPSA) is 35.2 Å². The summed E-state index contributed by atoms with van der Waals surface area (Å²) in [6.07, 6.45) is 6.82. The van der Waals surface area contributed by atoms with Crippen LogP contribution in [0.3, 0.4) is 0 Å². The third kappa shape index (κ3) is 3.80. The van der Waals surface area contributed by atoms with Gasteiger partial charge in [-0.1, -0.05) is 26.2 Å².